The van der Waals surface area contributed by atoms with Crippen molar-refractivity contribution in [3.05, 3.63) is 87.9 Å². The van der Waals surface area contributed by atoms with E-state index >= 15 is 0 Å². The average Bonchev–Trinajstić information content (AvgIpc) is 2.73. The molecule has 0 aromatic heterocycles. The number of anilines is 3. The first kappa shape index (κ1) is 20.6. The fraction of sp³-hybridized carbons (Fsp3) is 0.130. The van der Waals surface area contributed by atoms with Crippen LogP contribution in [0.4, 0.5) is 17.1 Å². The van der Waals surface area contributed by atoms with Gasteiger partial charge in [-0.25, -0.2) is 4.79 Å². The quantitative estimate of drug-likeness (QED) is 0.477. The van der Waals surface area contributed by atoms with Gasteiger partial charge in [0, 0.05) is 15.8 Å². The number of carbonyl (C=O) groups is 2. The lowest BCUT2D eigenvalue weighted by atomic mass is 10.1. The normalized spacial score (nSPS) is 10.3. The van der Waals surface area contributed by atoms with Gasteiger partial charge in [0.15, 0.2) is 6.61 Å². The number of esters is 1. The van der Waals surface area contributed by atoms with Crippen LogP contribution in [0.2, 0.25) is 0 Å². The van der Waals surface area contributed by atoms with Gasteiger partial charge in [0.05, 0.1) is 11.3 Å². The Kier molecular flexibility index (Phi) is 6.67. The summed E-state index contributed by atoms with van der Waals surface area (Å²) in [5, 5.41) is 5.98. The fourth-order valence-electron chi connectivity index (χ4n) is 2.77. The molecule has 29 heavy (non-hydrogen) atoms. The third-order valence-corrected chi connectivity index (χ3v) is 5.39. The molecule has 6 heteroatoms. The second-order valence-electron chi connectivity index (χ2n) is 6.51. The van der Waals surface area contributed by atoms with Crippen molar-refractivity contribution in [2.75, 3.05) is 17.2 Å². The van der Waals surface area contributed by atoms with Crippen molar-refractivity contribution >= 4 is 44.9 Å². The van der Waals surface area contributed by atoms with E-state index in [1.807, 2.05) is 62.4 Å². The monoisotopic (exact) mass is 452 g/mol. The van der Waals surface area contributed by atoms with Gasteiger partial charge in [-0.3, -0.25) is 4.79 Å². The lowest BCUT2D eigenvalue weighted by Gasteiger charge is -2.13. The van der Waals surface area contributed by atoms with Crippen LogP contribution in [-0.2, 0) is 9.53 Å². The van der Waals surface area contributed by atoms with Crippen LogP contribution in [0, 0.1) is 13.8 Å². The minimum atomic E-state index is -0.567. The third kappa shape index (κ3) is 5.23. The van der Waals surface area contributed by atoms with Gasteiger partial charge in [0.1, 0.15) is 0 Å². The van der Waals surface area contributed by atoms with Crippen molar-refractivity contribution in [3.8, 4) is 0 Å². The van der Waals surface area contributed by atoms with E-state index in [4.69, 9.17) is 4.74 Å². The highest BCUT2D eigenvalue weighted by atomic mass is 79.9. The van der Waals surface area contributed by atoms with Crippen molar-refractivity contribution in [1.29, 1.82) is 0 Å². The summed E-state index contributed by atoms with van der Waals surface area (Å²) in [5.41, 5.74) is 4.52. The molecular formula is C23H21BrN2O3. The Bertz CT molecular complexity index is 1040. The molecule has 0 aliphatic rings. The van der Waals surface area contributed by atoms with Crippen LogP contribution in [0.1, 0.15) is 21.5 Å². The van der Waals surface area contributed by atoms with Crippen LogP contribution >= 0.6 is 15.9 Å². The fourth-order valence-corrected chi connectivity index (χ4v) is 3.19. The predicted molar refractivity (Wildman–Crippen MR) is 119 cm³/mol. The molecule has 0 saturated carbocycles. The van der Waals surface area contributed by atoms with Crippen LogP contribution in [0.15, 0.2) is 71.2 Å². The van der Waals surface area contributed by atoms with Gasteiger partial charge >= 0.3 is 5.97 Å². The molecule has 0 heterocycles. The Morgan fingerprint density at radius 1 is 0.862 bits per heavy atom. The van der Waals surface area contributed by atoms with Crippen molar-refractivity contribution < 1.29 is 14.3 Å². The van der Waals surface area contributed by atoms with Gasteiger partial charge < -0.3 is 15.4 Å². The van der Waals surface area contributed by atoms with E-state index < -0.39 is 11.9 Å². The molecule has 3 aromatic rings. The van der Waals surface area contributed by atoms with Crippen LogP contribution in [0.25, 0.3) is 0 Å². The summed E-state index contributed by atoms with van der Waals surface area (Å²) in [5.74, 6) is -0.959. The van der Waals surface area contributed by atoms with E-state index in [1.54, 1.807) is 18.2 Å². The van der Waals surface area contributed by atoms with Crippen molar-refractivity contribution in [2.24, 2.45) is 0 Å². The minimum absolute atomic E-state index is 0.361. The van der Waals surface area contributed by atoms with Gasteiger partial charge in [-0.1, -0.05) is 46.3 Å². The van der Waals surface area contributed by atoms with Crippen molar-refractivity contribution in [3.63, 3.8) is 0 Å². The Labute approximate surface area is 178 Å². The first-order valence-corrected chi connectivity index (χ1v) is 9.89. The van der Waals surface area contributed by atoms with Crippen LogP contribution in [0.5, 0.6) is 0 Å². The molecular weight excluding hydrogens is 432 g/mol. The van der Waals surface area contributed by atoms with Crippen molar-refractivity contribution in [2.45, 2.75) is 13.8 Å². The van der Waals surface area contributed by atoms with E-state index in [9.17, 15) is 9.59 Å². The van der Waals surface area contributed by atoms with E-state index in [0.717, 1.165) is 21.3 Å². The Morgan fingerprint density at radius 3 is 2.31 bits per heavy atom. The zero-order valence-corrected chi connectivity index (χ0v) is 17.7. The first-order chi connectivity index (χ1) is 14.0. The molecule has 0 atom stereocenters. The van der Waals surface area contributed by atoms with E-state index in [-0.39, 0.29) is 6.61 Å². The molecule has 5 nitrogen and oxygen atoms in total. The van der Waals surface area contributed by atoms with Gasteiger partial charge in [-0.05, 0) is 61.4 Å². The molecule has 2 N–H and O–H groups in total. The number of ether oxygens (including phenoxy) is 1. The number of halogens is 1. The number of rotatable bonds is 6. The second kappa shape index (κ2) is 9.39. The SMILES string of the molecule is Cc1c(Br)ccc(NC(=O)COC(=O)c2ccccc2Nc2ccccc2)c1C. The summed E-state index contributed by atoms with van der Waals surface area (Å²) in [6.07, 6.45) is 0. The van der Waals surface area contributed by atoms with Gasteiger partial charge in [-0.15, -0.1) is 0 Å². The number of carbonyl (C=O) groups excluding carboxylic acids is 2. The highest BCUT2D eigenvalue weighted by Crippen LogP contribution is 2.26. The molecule has 3 rings (SSSR count). The van der Waals surface area contributed by atoms with Crippen LogP contribution in [-0.4, -0.2) is 18.5 Å². The van der Waals surface area contributed by atoms with Crippen molar-refractivity contribution in [1.82, 2.24) is 0 Å². The van der Waals surface area contributed by atoms with E-state index in [0.29, 0.717) is 16.9 Å². The zero-order valence-electron chi connectivity index (χ0n) is 16.2. The summed E-state index contributed by atoms with van der Waals surface area (Å²) in [4.78, 5) is 24.8. The van der Waals surface area contributed by atoms with Crippen LogP contribution < -0.4 is 10.6 Å². The smallest absolute Gasteiger partial charge is 0.340 e. The molecule has 0 unspecified atom stereocenters. The van der Waals surface area contributed by atoms with Crippen LogP contribution in [0.3, 0.4) is 0 Å². The maximum Gasteiger partial charge on any atom is 0.340 e. The Balaban J connectivity index is 1.64. The third-order valence-electron chi connectivity index (χ3n) is 4.53. The Hall–Kier alpha value is -3.12. The largest absolute Gasteiger partial charge is 0.452 e. The number of hydrogen-bond donors (Lipinski definition) is 2. The molecule has 0 fully saturated rings. The van der Waals surface area contributed by atoms with E-state index in [2.05, 4.69) is 26.6 Å². The zero-order chi connectivity index (χ0) is 20.8. The van der Waals surface area contributed by atoms with Gasteiger partial charge in [0.25, 0.3) is 5.91 Å². The summed E-state index contributed by atoms with van der Waals surface area (Å²) in [6, 6.07) is 20.2. The highest BCUT2D eigenvalue weighted by molar-refractivity contribution is 9.10. The second-order valence-corrected chi connectivity index (χ2v) is 7.36. The molecule has 148 valence electrons. The highest BCUT2D eigenvalue weighted by Gasteiger charge is 2.15. The summed E-state index contributed by atoms with van der Waals surface area (Å²) >= 11 is 3.46. The lowest BCUT2D eigenvalue weighted by Crippen LogP contribution is -2.21. The predicted octanol–water partition coefficient (Wildman–Crippen LogP) is 5.61. The molecule has 1 amide bonds. The maximum atomic E-state index is 12.5. The molecule has 0 radical (unpaired) electrons. The summed E-state index contributed by atoms with van der Waals surface area (Å²) in [7, 11) is 0. The molecule has 0 aliphatic heterocycles. The number of nitrogens with one attached hydrogen (secondary N) is 2. The topological polar surface area (TPSA) is 67.4 Å². The summed E-state index contributed by atoms with van der Waals surface area (Å²) in [6.45, 7) is 3.52. The van der Waals surface area contributed by atoms with Gasteiger partial charge in [0.2, 0.25) is 0 Å². The number of para-hydroxylation sites is 2. The minimum Gasteiger partial charge on any atom is -0.452 e. The van der Waals surface area contributed by atoms with E-state index in [1.165, 1.54) is 0 Å². The average molecular weight is 453 g/mol. The maximum absolute atomic E-state index is 12.5. The summed E-state index contributed by atoms with van der Waals surface area (Å²) < 4.78 is 6.21. The Morgan fingerprint density at radius 2 is 1.55 bits per heavy atom. The number of amides is 1. The van der Waals surface area contributed by atoms with Gasteiger partial charge in [-0.2, -0.15) is 0 Å². The standard InChI is InChI=1S/C23H21BrN2O3/c1-15-16(2)20(13-12-19(15)24)26-22(27)14-29-23(28)18-10-6-7-11-21(18)25-17-8-4-3-5-9-17/h3-13,25H,14H2,1-2H3,(H,26,27). The molecule has 0 spiro atoms. The molecule has 3 aromatic carbocycles. The molecule has 0 bridgehead atoms. The first-order valence-electron chi connectivity index (χ1n) is 9.09. The molecule has 0 saturated heterocycles. The number of benzene rings is 3. The number of hydrogen-bond acceptors (Lipinski definition) is 4. The molecule has 0 aliphatic carbocycles. The lowest BCUT2D eigenvalue weighted by molar-refractivity contribution is -0.119.